The van der Waals surface area contributed by atoms with E-state index in [9.17, 15) is 14.7 Å². The summed E-state index contributed by atoms with van der Waals surface area (Å²) in [6, 6.07) is 13.4. The third-order valence-electron chi connectivity index (χ3n) is 4.78. The van der Waals surface area contributed by atoms with E-state index in [0.29, 0.717) is 16.9 Å². The molecule has 1 N–H and O–H groups in total. The van der Waals surface area contributed by atoms with Crippen molar-refractivity contribution in [3.05, 3.63) is 69.6 Å². The molecule has 0 radical (unpaired) electrons. The van der Waals surface area contributed by atoms with Crippen LogP contribution in [0.1, 0.15) is 0 Å². The Hall–Kier alpha value is -3.39. The van der Waals surface area contributed by atoms with Gasteiger partial charge < -0.3 is 14.4 Å². The Kier molecular flexibility index (Phi) is 4.48. The first-order valence-electron chi connectivity index (χ1n) is 8.87. The van der Waals surface area contributed by atoms with Crippen LogP contribution in [0.2, 0.25) is 0 Å². The average molecular weight is 380 g/mol. The second-order valence-electron chi connectivity index (χ2n) is 6.73. The molecule has 4 aromatic rings. The Morgan fingerprint density at radius 1 is 1.11 bits per heavy atom. The van der Waals surface area contributed by atoms with Gasteiger partial charge in [-0.2, -0.15) is 0 Å². The molecule has 0 fully saturated rings. The van der Waals surface area contributed by atoms with E-state index in [2.05, 4.69) is 4.98 Å². The van der Waals surface area contributed by atoms with Gasteiger partial charge in [-0.3, -0.25) is 13.9 Å². The number of ether oxygens (including phenoxy) is 1. The predicted octanol–water partition coefficient (Wildman–Crippen LogP) is 1.03. The van der Waals surface area contributed by atoms with Crippen LogP contribution < -0.4 is 16.0 Å². The molecular weight excluding hydrogens is 360 g/mol. The number of benzene rings is 2. The molecular formula is C20H20N4O4. The van der Waals surface area contributed by atoms with Crippen LogP contribution in [0.5, 0.6) is 5.75 Å². The zero-order valence-corrected chi connectivity index (χ0v) is 15.6. The van der Waals surface area contributed by atoms with Crippen LogP contribution >= 0.6 is 0 Å². The molecule has 0 aliphatic carbocycles. The zero-order chi connectivity index (χ0) is 19.8. The minimum Gasteiger partial charge on any atom is -0.490 e. The van der Waals surface area contributed by atoms with E-state index in [-0.39, 0.29) is 13.2 Å². The number of aromatic nitrogens is 4. The first-order valence-corrected chi connectivity index (χ1v) is 8.87. The van der Waals surface area contributed by atoms with Gasteiger partial charge in [0.1, 0.15) is 18.5 Å². The fraction of sp³-hybridized carbons (Fsp3) is 0.250. The van der Waals surface area contributed by atoms with Crippen LogP contribution in [0.25, 0.3) is 21.9 Å². The normalized spacial score (nSPS) is 12.5. The number of hydrogen-bond donors (Lipinski definition) is 1. The molecule has 0 bridgehead atoms. The van der Waals surface area contributed by atoms with Crippen LogP contribution in [0.15, 0.2) is 58.4 Å². The van der Waals surface area contributed by atoms with Gasteiger partial charge in [-0.15, -0.1) is 0 Å². The number of nitrogens with zero attached hydrogens (tertiary/aromatic N) is 4. The lowest BCUT2D eigenvalue weighted by Gasteiger charge is -2.15. The van der Waals surface area contributed by atoms with Gasteiger partial charge in [0.2, 0.25) is 0 Å². The summed E-state index contributed by atoms with van der Waals surface area (Å²) in [5.41, 5.74) is -0.387. The van der Waals surface area contributed by atoms with Crippen molar-refractivity contribution in [2.45, 2.75) is 12.6 Å². The van der Waals surface area contributed by atoms with Gasteiger partial charge >= 0.3 is 5.69 Å². The molecule has 0 aliphatic rings. The lowest BCUT2D eigenvalue weighted by molar-refractivity contribution is 0.0910. The van der Waals surface area contributed by atoms with Crippen molar-refractivity contribution in [3.63, 3.8) is 0 Å². The van der Waals surface area contributed by atoms with Crippen LogP contribution in [0.4, 0.5) is 0 Å². The lowest BCUT2D eigenvalue weighted by atomic mass is 10.1. The highest BCUT2D eigenvalue weighted by Gasteiger charge is 2.17. The molecule has 2 heterocycles. The van der Waals surface area contributed by atoms with Gasteiger partial charge in [-0.25, -0.2) is 9.78 Å². The Bertz CT molecular complexity index is 1280. The minimum atomic E-state index is -1.03. The predicted molar refractivity (Wildman–Crippen MR) is 106 cm³/mol. The number of fused-ring (bicyclic) bond motifs is 2. The minimum absolute atomic E-state index is 0.0486. The van der Waals surface area contributed by atoms with E-state index in [4.69, 9.17) is 4.74 Å². The summed E-state index contributed by atoms with van der Waals surface area (Å²) >= 11 is 0. The highest BCUT2D eigenvalue weighted by Crippen LogP contribution is 2.25. The van der Waals surface area contributed by atoms with Crippen LogP contribution in [0, 0.1) is 0 Å². The summed E-state index contributed by atoms with van der Waals surface area (Å²) in [7, 11) is 3.23. The Balaban J connectivity index is 1.59. The summed E-state index contributed by atoms with van der Waals surface area (Å²) in [5.74, 6) is 0.638. The van der Waals surface area contributed by atoms with E-state index >= 15 is 0 Å². The summed E-state index contributed by atoms with van der Waals surface area (Å²) in [6.07, 6.45) is 0.450. The molecule has 28 heavy (non-hydrogen) atoms. The number of hydrogen-bond acceptors (Lipinski definition) is 5. The van der Waals surface area contributed by atoms with Gasteiger partial charge in [0.05, 0.1) is 12.9 Å². The summed E-state index contributed by atoms with van der Waals surface area (Å²) in [6.45, 7) is -0.218. The molecule has 1 unspecified atom stereocenters. The summed E-state index contributed by atoms with van der Waals surface area (Å²) in [5, 5.41) is 12.4. The highest BCUT2D eigenvalue weighted by molar-refractivity contribution is 5.88. The van der Waals surface area contributed by atoms with Gasteiger partial charge in [0.25, 0.3) is 5.56 Å². The van der Waals surface area contributed by atoms with E-state index in [1.807, 2.05) is 42.5 Å². The highest BCUT2D eigenvalue weighted by atomic mass is 16.5. The molecule has 8 heteroatoms. The molecule has 144 valence electrons. The van der Waals surface area contributed by atoms with Crippen LogP contribution in [0.3, 0.4) is 0 Å². The second-order valence-corrected chi connectivity index (χ2v) is 6.73. The monoisotopic (exact) mass is 380 g/mol. The van der Waals surface area contributed by atoms with Crippen LogP contribution in [-0.4, -0.2) is 36.5 Å². The van der Waals surface area contributed by atoms with E-state index in [1.165, 1.54) is 10.9 Å². The standard InChI is InChI=1S/C20H20N4O4/c1-22-12-21-18-17(22)19(26)24(20(27)23(18)2)10-14(25)11-28-16-9-5-7-13-6-3-4-8-15(13)16/h3-9,12,14,25H,10-11H2,1-2H3. The molecule has 4 rings (SSSR count). The molecule has 2 aromatic carbocycles. The van der Waals surface area contributed by atoms with Gasteiger partial charge in [-0.1, -0.05) is 36.4 Å². The third kappa shape index (κ3) is 2.97. The van der Waals surface area contributed by atoms with Crippen LogP contribution in [-0.2, 0) is 20.6 Å². The molecule has 8 nitrogen and oxygen atoms in total. The summed E-state index contributed by atoms with van der Waals surface area (Å²) < 4.78 is 9.65. The Labute approximate surface area is 159 Å². The fourth-order valence-electron chi connectivity index (χ4n) is 3.33. The molecule has 0 spiro atoms. The largest absolute Gasteiger partial charge is 0.490 e. The smallest absolute Gasteiger partial charge is 0.332 e. The average Bonchev–Trinajstić information content (AvgIpc) is 3.09. The lowest BCUT2D eigenvalue weighted by Crippen LogP contribution is -2.43. The Morgan fingerprint density at radius 3 is 2.68 bits per heavy atom. The van der Waals surface area contributed by atoms with Crippen molar-refractivity contribution in [1.29, 1.82) is 0 Å². The van der Waals surface area contributed by atoms with Crippen molar-refractivity contribution >= 4 is 21.9 Å². The van der Waals surface area contributed by atoms with E-state index in [1.54, 1.807) is 18.7 Å². The Morgan fingerprint density at radius 2 is 1.86 bits per heavy atom. The zero-order valence-electron chi connectivity index (χ0n) is 15.6. The molecule has 0 saturated heterocycles. The maximum absolute atomic E-state index is 12.7. The maximum atomic E-state index is 12.7. The first kappa shape index (κ1) is 18.0. The molecule has 2 aromatic heterocycles. The second kappa shape index (κ2) is 6.97. The first-order chi connectivity index (χ1) is 13.5. The SMILES string of the molecule is Cn1cnc2c1c(=O)n(CC(O)COc1cccc3ccccc13)c(=O)n2C. The molecule has 0 saturated carbocycles. The fourth-order valence-corrected chi connectivity index (χ4v) is 3.33. The number of aliphatic hydroxyl groups is 1. The van der Waals surface area contributed by atoms with Crippen molar-refractivity contribution in [2.24, 2.45) is 14.1 Å². The molecule has 1 atom stereocenters. The summed E-state index contributed by atoms with van der Waals surface area (Å²) in [4.78, 5) is 29.3. The molecule has 0 aliphatic heterocycles. The van der Waals surface area contributed by atoms with Crippen molar-refractivity contribution < 1.29 is 9.84 Å². The number of aliphatic hydroxyl groups excluding tert-OH is 1. The van der Waals surface area contributed by atoms with Gasteiger partial charge in [-0.05, 0) is 11.5 Å². The molecule has 0 amide bonds. The van der Waals surface area contributed by atoms with Gasteiger partial charge in [0.15, 0.2) is 11.2 Å². The van der Waals surface area contributed by atoms with Crippen molar-refractivity contribution in [1.82, 2.24) is 18.7 Å². The van der Waals surface area contributed by atoms with Crippen molar-refractivity contribution in [3.8, 4) is 5.75 Å². The number of imidazole rings is 1. The van der Waals surface area contributed by atoms with Gasteiger partial charge in [0, 0.05) is 19.5 Å². The third-order valence-corrected chi connectivity index (χ3v) is 4.78. The van der Waals surface area contributed by atoms with E-state index in [0.717, 1.165) is 15.3 Å². The van der Waals surface area contributed by atoms with Crippen molar-refractivity contribution in [2.75, 3.05) is 6.61 Å². The number of aryl methyl sites for hydroxylation is 2. The topological polar surface area (TPSA) is 91.3 Å². The quantitative estimate of drug-likeness (QED) is 0.558. The maximum Gasteiger partial charge on any atom is 0.332 e. The number of rotatable bonds is 5. The van der Waals surface area contributed by atoms with E-state index < -0.39 is 17.4 Å².